The molecule has 0 saturated heterocycles. The average Bonchev–Trinajstić information content (AvgIpc) is 3.01. The third-order valence-electron chi connectivity index (χ3n) is 8.85. The van der Waals surface area contributed by atoms with Crippen LogP contribution < -0.4 is 0 Å². The monoisotopic (exact) mass is 623 g/mol. The van der Waals surface area contributed by atoms with Gasteiger partial charge in [-0.05, 0) is 70.6 Å². The number of allylic oxidation sites excluding steroid dienone is 4. The Morgan fingerprint density at radius 3 is 0.977 bits per heavy atom. The van der Waals surface area contributed by atoms with Gasteiger partial charge in [-0.3, -0.25) is 4.57 Å². The predicted molar refractivity (Wildman–Crippen MR) is 197 cm³/mol. The van der Waals surface area contributed by atoms with Crippen LogP contribution in [-0.4, -0.2) is 18.9 Å². The van der Waals surface area contributed by atoms with Crippen molar-refractivity contribution in [2.24, 2.45) is 0 Å². The smallest absolute Gasteiger partial charge is 0.203 e. The summed E-state index contributed by atoms with van der Waals surface area (Å²) in [5.74, 6) is 0. The molecule has 0 fully saturated rings. The van der Waals surface area contributed by atoms with E-state index in [1.54, 1.807) is 0 Å². The highest BCUT2D eigenvalue weighted by Crippen LogP contribution is 2.49. The van der Waals surface area contributed by atoms with Crippen LogP contribution in [0.25, 0.3) is 0 Å². The third kappa shape index (κ3) is 34.4. The normalized spacial score (nSPS) is 12.3. The minimum atomic E-state index is -2.44. The molecule has 0 amide bonds. The molecule has 0 aliphatic rings. The molecule has 256 valence electrons. The summed E-state index contributed by atoms with van der Waals surface area (Å²) < 4.78 is 19.6. The molecule has 0 aliphatic carbocycles. The van der Waals surface area contributed by atoms with Gasteiger partial charge in [-0.25, -0.2) is 0 Å². The summed E-state index contributed by atoms with van der Waals surface area (Å²) in [5.41, 5.74) is 0. The van der Waals surface area contributed by atoms with Crippen molar-refractivity contribution in [1.29, 1.82) is 0 Å². The van der Waals surface area contributed by atoms with E-state index in [-0.39, 0.29) is 0 Å². The van der Waals surface area contributed by atoms with E-state index in [1.807, 2.05) is 0 Å². The number of hydrogen-bond donors (Lipinski definition) is 0. The Bertz CT molecular complexity index is 580. The van der Waals surface area contributed by atoms with Gasteiger partial charge in [0, 0.05) is 12.3 Å². The van der Waals surface area contributed by atoms with Crippen LogP contribution in [0.2, 0.25) is 0 Å². The molecule has 0 unspecified atom stereocenters. The van der Waals surface area contributed by atoms with Crippen LogP contribution in [0.4, 0.5) is 0 Å². The largest absolute Gasteiger partial charge is 0.328 e. The molecule has 0 saturated carbocycles. The Balaban J connectivity index is 3.77. The van der Waals surface area contributed by atoms with Crippen LogP contribution in [0.3, 0.4) is 0 Å². The Kier molecular flexibility index (Phi) is 35.9. The zero-order chi connectivity index (χ0) is 31.4. The van der Waals surface area contributed by atoms with Crippen LogP contribution in [0, 0.1) is 0 Å². The van der Waals surface area contributed by atoms with Crippen LogP contribution in [0.1, 0.15) is 213 Å². The van der Waals surface area contributed by atoms with E-state index < -0.39 is 7.37 Å². The van der Waals surface area contributed by atoms with Crippen molar-refractivity contribution in [2.75, 3.05) is 18.9 Å². The van der Waals surface area contributed by atoms with Crippen molar-refractivity contribution in [2.45, 2.75) is 213 Å². The number of rotatable bonds is 36. The highest BCUT2D eigenvalue weighted by Gasteiger charge is 2.21. The molecular formula is C40H79O2P. The maximum Gasteiger partial charge on any atom is 0.203 e. The maximum absolute atomic E-state index is 13.5. The first-order chi connectivity index (χ1) is 21.2. The summed E-state index contributed by atoms with van der Waals surface area (Å²) in [6, 6.07) is 0. The summed E-state index contributed by atoms with van der Waals surface area (Å²) in [4.78, 5) is 0. The lowest BCUT2D eigenvalue weighted by molar-refractivity contribution is 0.304. The summed E-state index contributed by atoms with van der Waals surface area (Å²) in [6.45, 7) is 7.44. The molecule has 0 bridgehead atoms. The molecule has 0 aromatic carbocycles. The Labute approximate surface area is 272 Å². The molecule has 0 spiro atoms. The topological polar surface area (TPSA) is 26.3 Å². The lowest BCUT2D eigenvalue weighted by Crippen LogP contribution is -2.02. The minimum Gasteiger partial charge on any atom is -0.328 e. The van der Waals surface area contributed by atoms with Gasteiger partial charge in [0.1, 0.15) is 0 Å². The second kappa shape index (κ2) is 36.1. The quantitative estimate of drug-likeness (QED) is 0.0395. The van der Waals surface area contributed by atoms with E-state index in [4.69, 9.17) is 4.52 Å². The molecular weight excluding hydrogens is 543 g/mol. The zero-order valence-corrected chi connectivity index (χ0v) is 30.8. The van der Waals surface area contributed by atoms with Crippen LogP contribution in [0.5, 0.6) is 0 Å². The summed E-state index contributed by atoms with van der Waals surface area (Å²) in [7, 11) is -2.44. The van der Waals surface area contributed by atoms with Gasteiger partial charge in [-0.1, -0.05) is 167 Å². The molecule has 43 heavy (non-hydrogen) atoms. The molecule has 0 radical (unpaired) electrons. The first-order valence-electron chi connectivity index (χ1n) is 19.7. The molecule has 0 aromatic heterocycles. The van der Waals surface area contributed by atoms with E-state index in [0.29, 0.717) is 6.61 Å². The van der Waals surface area contributed by atoms with E-state index in [2.05, 4.69) is 45.1 Å². The Hall–Kier alpha value is -0.330. The van der Waals surface area contributed by atoms with Gasteiger partial charge < -0.3 is 4.52 Å². The Morgan fingerprint density at radius 2 is 0.651 bits per heavy atom. The van der Waals surface area contributed by atoms with Crippen molar-refractivity contribution in [3.8, 4) is 0 Å². The van der Waals surface area contributed by atoms with Gasteiger partial charge in [0.15, 0.2) is 0 Å². The molecule has 0 N–H and O–H groups in total. The molecule has 3 heteroatoms. The maximum atomic E-state index is 13.5. The van der Waals surface area contributed by atoms with Crippen LogP contribution >= 0.6 is 7.37 Å². The molecule has 0 aromatic rings. The molecule has 2 nitrogen and oxygen atoms in total. The second-order valence-electron chi connectivity index (χ2n) is 13.3. The zero-order valence-electron chi connectivity index (χ0n) is 29.9. The van der Waals surface area contributed by atoms with Gasteiger partial charge >= 0.3 is 0 Å². The Morgan fingerprint density at radius 1 is 0.372 bits per heavy atom. The van der Waals surface area contributed by atoms with Crippen LogP contribution in [-0.2, 0) is 9.09 Å². The fraction of sp³-hybridized carbons (Fsp3) is 0.900. The van der Waals surface area contributed by atoms with Crippen LogP contribution in [0.15, 0.2) is 24.3 Å². The SMILES string of the molecule is CCCCCCCC/C=C\CCCCCCCCP(=O)(CCCCCCCC/C=C\CCCCCCCC)OCCCC. The molecule has 0 heterocycles. The predicted octanol–water partition coefficient (Wildman–Crippen LogP) is 15.2. The molecule has 0 rings (SSSR count). The second-order valence-corrected chi connectivity index (χ2v) is 16.1. The average molecular weight is 623 g/mol. The summed E-state index contributed by atoms with van der Waals surface area (Å²) >= 11 is 0. The number of unbranched alkanes of at least 4 members (excludes halogenated alkanes) is 25. The first-order valence-corrected chi connectivity index (χ1v) is 21.7. The third-order valence-corrected chi connectivity index (χ3v) is 11.5. The van der Waals surface area contributed by atoms with Crippen molar-refractivity contribution in [1.82, 2.24) is 0 Å². The fourth-order valence-corrected chi connectivity index (χ4v) is 8.17. The van der Waals surface area contributed by atoms with E-state index in [0.717, 1.165) is 38.0 Å². The van der Waals surface area contributed by atoms with Crippen molar-refractivity contribution in [3.63, 3.8) is 0 Å². The molecule has 0 atom stereocenters. The van der Waals surface area contributed by atoms with Gasteiger partial charge in [0.25, 0.3) is 0 Å². The highest BCUT2D eigenvalue weighted by molar-refractivity contribution is 7.58. The highest BCUT2D eigenvalue weighted by atomic mass is 31.2. The minimum absolute atomic E-state index is 0.687. The van der Waals surface area contributed by atoms with Gasteiger partial charge in [0.05, 0.1) is 6.61 Å². The van der Waals surface area contributed by atoms with E-state index >= 15 is 0 Å². The van der Waals surface area contributed by atoms with Gasteiger partial charge in [-0.15, -0.1) is 0 Å². The number of hydrogen-bond acceptors (Lipinski definition) is 2. The lowest BCUT2D eigenvalue weighted by Gasteiger charge is -2.19. The standard InChI is InChI=1S/C40H79O2P/c1-4-7-10-12-14-16-18-20-22-24-26-28-30-32-34-36-39-43(41,42-38-9-6-3)40-37-35-33-31-29-27-25-23-21-19-17-15-13-11-8-5-2/h20-23H,4-19,24-40H2,1-3H3/b22-20-,23-21-. The summed E-state index contributed by atoms with van der Waals surface area (Å²) in [5, 5.41) is 0. The fourth-order valence-electron chi connectivity index (χ4n) is 5.82. The van der Waals surface area contributed by atoms with Gasteiger partial charge in [0.2, 0.25) is 7.37 Å². The van der Waals surface area contributed by atoms with Crippen molar-refractivity contribution >= 4 is 7.37 Å². The van der Waals surface area contributed by atoms with E-state index in [1.165, 1.54) is 167 Å². The summed E-state index contributed by atoms with van der Waals surface area (Å²) in [6.07, 6.45) is 50.2. The molecule has 0 aliphatic heterocycles. The van der Waals surface area contributed by atoms with Crippen molar-refractivity contribution < 1.29 is 9.09 Å². The lowest BCUT2D eigenvalue weighted by atomic mass is 10.1. The first kappa shape index (κ1) is 42.7. The van der Waals surface area contributed by atoms with Crippen molar-refractivity contribution in [3.05, 3.63) is 24.3 Å². The van der Waals surface area contributed by atoms with Gasteiger partial charge in [-0.2, -0.15) is 0 Å². The van der Waals surface area contributed by atoms with E-state index in [9.17, 15) is 4.57 Å².